The third-order valence-electron chi connectivity index (χ3n) is 2.66. The summed E-state index contributed by atoms with van der Waals surface area (Å²) in [4.78, 5) is 0. The highest BCUT2D eigenvalue weighted by Crippen LogP contribution is 2.19. The lowest BCUT2D eigenvalue weighted by atomic mass is 10.2. The minimum atomic E-state index is -0.359. The van der Waals surface area contributed by atoms with E-state index in [1.165, 1.54) is 18.2 Å². The average molecular weight is 249 g/mol. The molecule has 0 radical (unpaired) electrons. The van der Waals surface area contributed by atoms with Crippen LogP contribution in [0.4, 0.5) is 10.1 Å². The Morgan fingerprint density at radius 1 is 1.44 bits per heavy atom. The molecule has 1 heterocycles. The first kappa shape index (κ1) is 12.4. The molecule has 2 N–H and O–H groups in total. The maximum Gasteiger partial charge on any atom is 0.123 e. The average Bonchev–Trinajstić information content (AvgIpc) is 2.79. The molecule has 0 aliphatic rings. The fourth-order valence-corrected chi connectivity index (χ4v) is 1.60. The molecule has 0 saturated heterocycles. The lowest BCUT2D eigenvalue weighted by Gasteiger charge is -2.06. The molecule has 1 aromatic heterocycles. The zero-order chi connectivity index (χ0) is 13.1. The van der Waals surface area contributed by atoms with Crippen LogP contribution in [0.15, 0.2) is 30.6 Å². The zero-order valence-corrected chi connectivity index (χ0v) is 10.4. The summed E-state index contributed by atoms with van der Waals surface area (Å²) in [5.74, 6) is -0.275. The molecule has 4 nitrogen and oxygen atoms in total. The van der Waals surface area contributed by atoms with Gasteiger partial charge in [0.2, 0.25) is 0 Å². The highest BCUT2D eigenvalue weighted by atomic mass is 19.1. The van der Waals surface area contributed by atoms with Crippen LogP contribution in [0, 0.1) is 5.82 Å². The van der Waals surface area contributed by atoms with Gasteiger partial charge in [-0.1, -0.05) is 0 Å². The molecule has 1 aromatic carbocycles. The minimum absolute atomic E-state index is 0.0835. The fraction of sp³-hybridized carbons (Fsp3) is 0.308. The van der Waals surface area contributed by atoms with Gasteiger partial charge in [0.25, 0.3) is 0 Å². The van der Waals surface area contributed by atoms with Crippen molar-refractivity contribution in [1.29, 1.82) is 0 Å². The number of phenolic OH excluding ortho intramolecular Hbond substituents is 1. The molecule has 2 aromatic rings. The van der Waals surface area contributed by atoms with Crippen molar-refractivity contribution in [3.63, 3.8) is 0 Å². The van der Waals surface area contributed by atoms with E-state index in [1.807, 2.05) is 24.7 Å². The van der Waals surface area contributed by atoms with Crippen molar-refractivity contribution in [3.05, 3.63) is 42.0 Å². The highest BCUT2D eigenvalue weighted by molar-refractivity contribution is 5.42. The van der Waals surface area contributed by atoms with E-state index in [-0.39, 0.29) is 11.6 Å². The van der Waals surface area contributed by atoms with Crippen molar-refractivity contribution in [2.24, 2.45) is 0 Å². The van der Waals surface area contributed by atoms with Crippen molar-refractivity contribution in [1.82, 2.24) is 9.78 Å². The first-order valence-corrected chi connectivity index (χ1v) is 5.81. The third kappa shape index (κ3) is 2.80. The Balaban J connectivity index is 2.04. The second-order valence-electron chi connectivity index (χ2n) is 4.43. The summed E-state index contributed by atoms with van der Waals surface area (Å²) in [6, 6.07) is 4.19. The predicted molar refractivity (Wildman–Crippen MR) is 68.0 cm³/mol. The largest absolute Gasteiger partial charge is 0.508 e. The van der Waals surface area contributed by atoms with Crippen LogP contribution < -0.4 is 5.32 Å². The number of anilines is 1. The summed E-state index contributed by atoms with van der Waals surface area (Å²) in [6.45, 7) is 4.43. The number of hydrogen-bond acceptors (Lipinski definition) is 3. The third-order valence-corrected chi connectivity index (χ3v) is 2.66. The van der Waals surface area contributed by atoms with E-state index >= 15 is 0 Å². The van der Waals surface area contributed by atoms with Gasteiger partial charge in [0, 0.05) is 24.3 Å². The van der Waals surface area contributed by atoms with Crippen molar-refractivity contribution in [2.45, 2.75) is 26.4 Å². The van der Waals surface area contributed by atoms with E-state index < -0.39 is 0 Å². The standard InChI is InChI=1S/C13H16FN3O/c1-9(2)17-8-12(7-16-17)15-6-10-5-11(14)3-4-13(10)18/h3-5,7-9,15,18H,6H2,1-2H3. The van der Waals surface area contributed by atoms with E-state index in [0.717, 1.165) is 5.69 Å². The smallest absolute Gasteiger partial charge is 0.123 e. The number of aromatic hydroxyl groups is 1. The molecule has 0 aliphatic carbocycles. The predicted octanol–water partition coefficient (Wildman–Crippen LogP) is 2.92. The van der Waals surface area contributed by atoms with Crippen molar-refractivity contribution in [2.75, 3.05) is 5.32 Å². The van der Waals surface area contributed by atoms with Gasteiger partial charge in [-0.2, -0.15) is 5.10 Å². The topological polar surface area (TPSA) is 50.1 Å². The molecule has 0 amide bonds. The molecule has 0 bridgehead atoms. The van der Waals surface area contributed by atoms with E-state index in [0.29, 0.717) is 18.2 Å². The second kappa shape index (κ2) is 5.08. The van der Waals surface area contributed by atoms with Gasteiger partial charge in [-0.05, 0) is 32.0 Å². The fourth-order valence-electron chi connectivity index (χ4n) is 1.60. The monoisotopic (exact) mass is 249 g/mol. The second-order valence-corrected chi connectivity index (χ2v) is 4.43. The number of rotatable bonds is 4. The van der Waals surface area contributed by atoms with Crippen molar-refractivity contribution >= 4 is 5.69 Å². The molecule has 0 atom stereocenters. The van der Waals surface area contributed by atoms with Crippen molar-refractivity contribution < 1.29 is 9.50 Å². The number of halogens is 1. The van der Waals surface area contributed by atoms with Gasteiger partial charge in [-0.15, -0.1) is 0 Å². The Kier molecular flexibility index (Phi) is 3.50. The van der Waals surface area contributed by atoms with Gasteiger partial charge in [0.05, 0.1) is 11.9 Å². The van der Waals surface area contributed by atoms with E-state index in [2.05, 4.69) is 10.4 Å². The van der Waals surface area contributed by atoms with Crippen LogP contribution in [0.1, 0.15) is 25.5 Å². The molecule has 0 saturated carbocycles. The molecule has 18 heavy (non-hydrogen) atoms. The van der Waals surface area contributed by atoms with Crippen molar-refractivity contribution in [3.8, 4) is 5.75 Å². The molecule has 0 spiro atoms. The summed E-state index contributed by atoms with van der Waals surface area (Å²) in [5, 5.41) is 16.9. The Morgan fingerprint density at radius 2 is 2.22 bits per heavy atom. The SMILES string of the molecule is CC(C)n1cc(NCc2cc(F)ccc2O)cn1. The highest BCUT2D eigenvalue weighted by Gasteiger charge is 2.05. The Labute approximate surface area is 105 Å². The summed E-state index contributed by atoms with van der Waals surface area (Å²) in [5.41, 5.74) is 1.36. The first-order valence-electron chi connectivity index (χ1n) is 5.81. The van der Waals surface area contributed by atoms with Crippen LogP contribution in [0.5, 0.6) is 5.75 Å². The van der Waals surface area contributed by atoms with Crippen LogP contribution in [0.25, 0.3) is 0 Å². The number of aromatic nitrogens is 2. The minimum Gasteiger partial charge on any atom is -0.508 e. The van der Waals surface area contributed by atoms with Gasteiger partial charge < -0.3 is 10.4 Å². The zero-order valence-electron chi connectivity index (χ0n) is 10.4. The van der Waals surface area contributed by atoms with Gasteiger partial charge in [-0.3, -0.25) is 4.68 Å². The summed E-state index contributed by atoms with van der Waals surface area (Å²) >= 11 is 0. The number of nitrogens with one attached hydrogen (secondary N) is 1. The Hall–Kier alpha value is -2.04. The van der Waals surface area contributed by atoms with Crippen LogP contribution in [0.3, 0.4) is 0 Å². The number of benzene rings is 1. The van der Waals surface area contributed by atoms with Gasteiger partial charge in [0.15, 0.2) is 0 Å². The lowest BCUT2D eigenvalue weighted by Crippen LogP contribution is -2.01. The summed E-state index contributed by atoms with van der Waals surface area (Å²) in [6.07, 6.45) is 3.58. The lowest BCUT2D eigenvalue weighted by molar-refractivity contribution is 0.466. The molecule has 5 heteroatoms. The Bertz CT molecular complexity index is 537. The normalized spacial score (nSPS) is 10.9. The number of nitrogens with zero attached hydrogens (tertiary/aromatic N) is 2. The van der Waals surface area contributed by atoms with E-state index in [4.69, 9.17) is 0 Å². The van der Waals surface area contributed by atoms with Gasteiger partial charge in [-0.25, -0.2) is 4.39 Å². The molecule has 0 aliphatic heterocycles. The van der Waals surface area contributed by atoms with Crippen LogP contribution >= 0.6 is 0 Å². The first-order chi connectivity index (χ1) is 8.56. The maximum atomic E-state index is 13.0. The number of phenols is 1. The summed E-state index contributed by atoms with van der Waals surface area (Å²) in [7, 11) is 0. The van der Waals surface area contributed by atoms with Gasteiger partial charge in [0.1, 0.15) is 11.6 Å². The van der Waals surface area contributed by atoms with Gasteiger partial charge >= 0.3 is 0 Å². The maximum absolute atomic E-state index is 13.0. The van der Waals surface area contributed by atoms with Crippen LogP contribution in [-0.4, -0.2) is 14.9 Å². The molecule has 2 rings (SSSR count). The van der Waals surface area contributed by atoms with E-state index in [9.17, 15) is 9.50 Å². The molecule has 0 unspecified atom stereocenters. The van der Waals surface area contributed by atoms with Crippen LogP contribution in [0.2, 0.25) is 0 Å². The van der Waals surface area contributed by atoms with E-state index in [1.54, 1.807) is 6.20 Å². The molecular formula is C13H16FN3O. The number of hydrogen-bond donors (Lipinski definition) is 2. The molecular weight excluding hydrogens is 233 g/mol. The quantitative estimate of drug-likeness (QED) is 0.876. The Morgan fingerprint density at radius 3 is 2.89 bits per heavy atom. The molecule has 96 valence electrons. The molecule has 0 fully saturated rings. The van der Waals surface area contributed by atoms with Crippen LogP contribution in [-0.2, 0) is 6.54 Å². The summed E-state index contributed by atoms with van der Waals surface area (Å²) < 4.78 is 14.9.